The Morgan fingerprint density at radius 1 is 0.441 bits per heavy atom. The molecule has 0 aliphatic carbocycles. The summed E-state index contributed by atoms with van der Waals surface area (Å²) in [5.74, 6) is 0. The van der Waals surface area contributed by atoms with Gasteiger partial charge >= 0.3 is 46.4 Å². The zero-order chi connectivity index (χ0) is 46.2. The maximum atomic E-state index is 6.40. The summed E-state index contributed by atoms with van der Waals surface area (Å²) in [7, 11) is -24.7. The summed E-state index contributed by atoms with van der Waals surface area (Å²) < 4.78 is 102. The van der Waals surface area contributed by atoms with Crippen LogP contribution in [0.5, 0.6) is 0 Å². The van der Waals surface area contributed by atoms with Gasteiger partial charge in [-0.05, 0) is 72.1 Å². The van der Waals surface area contributed by atoms with Gasteiger partial charge in [-0.15, -0.1) is 0 Å². The fourth-order valence-corrected chi connectivity index (χ4v) is 43.3. The monoisotopic (exact) mass is 1110 g/mol. The van der Waals surface area contributed by atoms with Crippen LogP contribution in [0, 0.1) is 0 Å². The molecule has 0 spiro atoms. The Balaban J connectivity index is -0.00000115. The summed E-state index contributed by atoms with van der Waals surface area (Å²) in [5.41, 5.74) is 0. The Hall–Kier alpha value is 2.57. The van der Waals surface area contributed by atoms with Gasteiger partial charge in [-0.2, -0.15) is 0 Å². The maximum Gasteiger partial charge on any atom is 0.465 e. The predicted molar refractivity (Wildman–Crippen MR) is 279 cm³/mol. The highest BCUT2D eigenvalue weighted by Crippen LogP contribution is 2.23. The van der Waals surface area contributed by atoms with Crippen LogP contribution >= 0.6 is 0 Å². The molecular formula is C27H92O17Si15. The summed E-state index contributed by atoms with van der Waals surface area (Å²) in [5, 5.41) is 0. The maximum absolute atomic E-state index is 6.40. The van der Waals surface area contributed by atoms with Crippen LogP contribution in [-0.4, -0.2) is 161 Å². The summed E-state index contributed by atoms with van der Waals surface area (Å²) in [6.45, 7) is 42.6. The zero-order valence-corrected chi connectivity index (χ0v) is 59.9. The van der Waals surface area contributed by atoms with Gasteiger partial charge in [-0.1, -0.05) is 83.1 Å². The van der Waals surface area contributed by atoms with Crippen molar-refractivity contribution in [2.24, 2.45) is 0 Å². The first-order valence-electron chi connectivity index (χ1n) is 22.1. The van der Waals surface area contributed by atoms with Gasteiger partial charge in [-0.25, -0.2) is 0 Å². The van der Waals surface area contributed by atoms with Gasteiger partial charge in [0.05, 0.1) is 0 Å². The summed E-state index contributed by atoms with van der Waals surface area (Å²) >= 11 is 0. The molecular weight excluding hydrogens is 1020 g/mol. The van der Waals surface area contributed by atoms with Gasteiger partial charge in [0, 0.05) is 24.4 Å². The minimum atomic E-state index is -2.53. The molecule has 12 unspecified atom stereocenters. The topological polar surface area (TPSA) is 157 Å². The molecule has 3 aliphatic rings. The Labute approximate surface area is 391 Å². The molecule has 0 aromatic rings. The largest absolute Gasteiger partial charge is 0.465 e. The molecule has 0 aromatic carbocycles. The van der Waals surface area contributed by atoms with Crippen LogP contribution in [0.1, 0.15) is 104 Å². The molecule has 0 N–H and O–H groups in total. The highest BCUT2D eigenvalue weighted by molar-refractivity contribution is 6.77. The fraction of sp³-hybridized carbons (Fsp3) is 1.00. The van der Waals surface area contributed by atoms with E-state index in [2.05, 4.69) is 26.9 Å². The van der Waals surface area contributed by atoms with Gasteiger partial charge in [0.1, 0.15) is 0 Å². The highest BCUT2D eigenvalue weighted by atomic mass is 28.5. The van der Waals surface area contributed by atoms with Crippen LogP contribution in [0.15, 0.2) is 0 Å². The van der Waals surface area contributed by atoms with Crippen molar-refractivity contribution in [1.29, 1.82) is 0 Å². The second kappa shape index (κ2) is 47.1. The van der Waals surface area contributed by atoms with Crippen molar-refractivity contribution in [3.8, 4) is 0 Å². The quantitative estimate of drug-likeness (QED) is 0.152. The van der Waals surface area contributed by atoms with E-state index in [1.165, 1.54) is 0 Å². The lowest BCUT2D eigenvalue weighted by molar-refractivity contribution is 0.126. The van der Waals surface area contributed by atoms with Crippen molar-refractivity contribution in [2.75, 3.05) is 0 Å². The summed E-state index contributed by atoms with van der Waals surface area (Å²) in [6.07, 6.45) is 0.0847. The third-order valence-electron chi connectivity index (χ3n) is 6.83. The van der Waals surface area contributed by atoms with E-state index in [4.69, 9.17) is 70.9 Å². The molecule has 3 heterocycles. The molecule has 3 saturated heterocycles. The molecule has 0 radical (unpaired) electrons. The van der Waals surface area contributed by atoms with E-state index in [9.17, 15) is 0 Å². The third-order valence-corrected chi connectivity index (χ3v) is 43.4. The average molecular weight is 1110 g/mol. The van der Waals surface area contributed by atoms with Crippen molar-refractivity contribution in [1.82, 2.24) is 0 Å². The van der Waals surface area contributed by atoms with Crippen LogP contribution in [0.2, 0.25) is 57.4 Å². The van der Waals surface area contributed by atoms with E-state index in [1.807, 2.05) is 116 Å². The molecule has 3 aliphatic heterocycles. The van der Waals surface area contributed by atoms with Crippen molar-refractivity contribution >= 4 is 143 Å². The van der Waals surface area contributed by atoms with E-state index < -0.39 is 143 Å². The van der Waals surface area contributed by atoms with Crippen molar-refractivity contribution in [2.45, 2.75) is 180 Å². The number of rotatable bonds is 16. The molecule has 0 saturated carbocycles. The van der Waals surface area contributed by atoms with Crippen LogP contribution < -0.4 is 0 Å². The lowest BCUT2D eigenvalue weighted by atomic mass is 10.5. The first kappa shape index (κ1) is 68.2. The molecule has 0 amide bonds. The molecule has 12 atom stereocenters. The molecule has 32 heteroatoms. The lowest BCUT2D eigenvalue weighted by Gasteiger charge is -2.36. The molecule has 3 fully saturated rings. The predicted octanol–water partition coefficient (Wildman–Crippen LogP) is 0.107. The Bertz CT molecular complexity index is 830. The summed E-state index contributed by atoms with van der Waals surface area (Å²) in [6, 6.07) is 2.62. The standard InChI is InChI=1S/C15H56O17Si15.6C2H6/c1-13-10-39(4)27-41(6)29-44(16-13)23-35-19-33-20-36-25-46-18-15(3)12-47(9,32-43(8)31-46)26-38-22-34-21-37-24-45-17-14(2)11-40(5)28-42(7)30-45;6*1-2/h13-15,39-46H,10-12,33-38H2,1-9H3;6*1-2H3. The van der Waals surface area contributed by atoms with Crippen LogP contribution in [0.3, 0.4) is 0 Å². The van der Waals surface area contributed by atoms with E-state index >= 15 is 0 Å². The van der Waals surface area contributed by atoms with Gasteiger partial charge in [0.25, 0.3) is 78.6 Å². The molecule has 0 bridgehead atoms. The van der Waals surface area contributed by atoms with E-state index in [1.54, 1.807) is 0 Å². The van der Waals surface area contributed by atoms with Crippen molar-refractivity contribution in [3.63, 3.8) is 0 Å². The second-order valence-electron chi connectivity index (χ2n) is 11.8. The highest BCUT2D eigenvalue weighted by Gasteiger charge is 2.41. The SMILES string of the molecule is CC.CC.CC.CC.CC.CC.CC1C[SiH](C)O[SiH](C)O[SiH](O[SiH2]O[SiH2]O[SiH2]O[SiH]2OC(C)C[Si](C)(O[SiH2]O[SiH2]O[SiH2]O[SiH]3OC(C)C[SiH](C)O[SiH](C)O3)O[SiH](C)O2)O1. The molecule has 59 heavy (non-hydrogen) atoms. The first-order chi connectivity index (χ1) is 28.4. The third kappa shape index (κ3) is 38.4. The Morgan fingerprint density at radius 3 is 1.14 bits per heavy atom. The van der Waals surface area contributed by atoms with Crippen molar-refractivity contribution in [3.05, 3.63) is 0 Å². The second-order valence-corrected chi connectivity index (χ2v) is 44.1. The smallest absolute Gasteiger partial charge is 0.441 e. The average Bonchev–Trinajstić information content (AvgIpc) is 3.19. The van der Waals surface area contributed by atoms with Crippen molar-refractivity contribution < 1.29 is 70.9 Å². The van der Waals surface area contributed by atoms with E-state index in [0.29, 0.717) is 6.04 Å². The molecule has 362 valence electrons. The first-order valence-corrected chi connectivity index (χ1v) is 47.0. The van der Waals surface area contributed by atoms with Gasteiger partial charge in [0.2, 0.25) is 0 Å². The van der Waals surface area contributed by atoms with E-state index in [-0.39, 0.29) is 18.3 Å². The fourth-order valence-electron chi connectivity index (χ4n) is 5.07. The van der Waals surface area contributed by atoms with Gasteiger partial charge in [0.15, 0.2) is 18.1 Å². The summed E-state index contributed by atoms with van der Waals surface area (Å²) in [4.78, 5) is 0. The van der Waals surface area contributed by atoms with Crippen LogP contribution in [-0.2, 0) is 70.9 Å². The Morgan fingerprint density at radius 2 is 0.763 bits per heavy atom. The minimum absolute atomic E-state index is 0.102. The molecule has 17 nitrogen and oxygen atoms in total. The number of hydrogen-bond acceptors (Lipinski definition) is 17. The van der Waals surface area contributed by atoms with E-state index in [0.717, 1.165) is 12.1 Å². The van der Waals surface area contributed by atoms with Crippen LogP contribution in [0.4, 0.5) is 0 Å². The number of hydrogen-bond donors (Lipinski definition) is 0. The van der Waals surface area contributed by atoms with Gasteiger partial charge < -0.3 is 70.9 Å². The lowest BCUT2D eigenvalue weighted by Crippen LogP contribution is -2.53. The normalized spacial score (nSPS) is 33.4. The zero-order valence-electron chi connectivity index (χ0n) is 41.2. The molecule has 3 rings (SSSR count). The Kier molecular flexibility index (Phi) is 54.4. The molecule has 0 aromatic heterocycles. The van der Waals surface area contributed by atoms with Crippen LogP contribution in [0.25, 0.3) is 0 Å². The minimum Gasteiger partial charge on any atom is -0.441 e. The van der Waals surface area contributed by atoms with Gasteiger partial charge in [-0.3, -0.25) is 0 Å².